The number of amides is 1. The number of hydrogen-bond donors (Lipinski definition) is 0. The summed E-state index contributed by atoms with van der Waals surface area (Å²) in [6.45, 7) is 2.93. The lowest BCUT2D eigenvalue weighted by molar-refractivity contribution is -0.130. The normalized spacial score (nSPS) is 24.3. The molecular weight excluding hydrogens is 248 g/mol. The Balaban J connectivity index is 1.59. The zero-order valence-corrected chi connectivity index (χ0v) is 11.0. The Kier molecular flexibility index (Phi) is 3.18. The second-order valence-corrected chi connectivity index (χ2v) is 5.86. The third-order valence-electron chi connectivity index (χ3n) is 3.74. The van der Waals surface area contributed by atoms with Crippen LogP contribution in [-0.2, 0) is 4.79 Å². The summed E-state index contributed by atoms with van der Waals surface area (Å²) >= 11 is 1.50. The number of piperazine rings is 1. The van der Waals surface area contributed by atoms with Gasteiger partial charge in [-0.15, -0.1) is 11.3 Å². The smallest absolute Gasteiger partial charge is 0.222 e. The van der Waals surface area contributed by atoms with E-state index >= 15 is 0 Å². The molecule has 1 unspecified atom stereocenters. The minimum Gasteiger partial charge on any atom is -0.337 e. The summed E-state index contributed by atoms with van der Waals surface area (Å²) in [7, 11) is 0. The summed E-state index contributed by atoms with van der Waals surface area (Å²) in [5.41, 5.74) is 0. The maximum absolute atomic E-state index is 12.0. The van der Waals surface area contributed by atoms with Crippen molar-refractivity contribution >= 4 is 23.0 Å². The maximum atomic E-state index is 12.0. The van der Waals surface area contributed by atoms with E-state index in [1.165, 1.54) is 11.3 Å². The molecule has 0 saturated carbocycles. The number of Topliss-reactive ketones (excluding diaryl/α,β-unsaturated/α-hetero) is 1. The first-order valence-electron chi connectivity index (χ1n) is 6.32. The summed E-state index contributed by atoms with van der Waals surface area (Å²) in [4.78, 5) is 28.6. The first kappa shape index (κ1) is 11.9. The number of rotatable bonds is 3. The molecule has 0 N–H and O–H groups in total. The monoisotopic (exact) mass is 264 g/mol. The van der Waals surface area contributed by atoms with Crippen LogP contribution < -0.4 is 0 Å². The molecule has 1 amide bonds. The van der Waals surface area contributed by atoms with Crippen molar-refractivity contribution in [3.8, 4) is 0 Å². The summed E-state index contributed by atoms with van der Waals surface area (Å²) in [5, 5.41) is 1.93. The molecule has 2 aliphatic rings. The van der Waals surface area contributed by atoms with Crippen molar-refractivity contribution in [1.82, 2.24) is 9.80 Å². The second kappa shape index (κ2) is 4.82. The molecule has 0 aromatic carbocycles. The van der Waals surface area contributed by atoms with Crippen molar-refractivity contribution < 1.29 is 9.59 Å². The molecule has 1 atom stereocenters. The van der Waals surface area contributed by atoms with E-state index in [-0.39, 0.29) is 11.7 Å². The Morgan fingerprint density at radius 2 is 2.33 bits per heavy atom. The molecule has 3 heterocycles. The number of fused-ring (bicyclic) bond motifs is 1. The molecule has 5 heteroatoms. The van der Waals surface area contributed by atoms with E-state index in [1.807, 2.05) is 22.4 Å². The van der Waals surface area contributed by atoms with Gasteiger partial charge in [-0.25, -0.2) is 0 Å². The molecule has 18 heavy (non-hydrogen) atoms. The van der Waals surface area contributed by atoms with E-state index in [4.69, 9.17) is 0 Å². The SMILES string of the molecule is O=C(CN1CCN2C(=O)CCC2C1)c1cccs1. The highest BCUT2D eigenvalue weighted by atomic mass is 32.1. The van der Waals surface area contributed by atoms with Crippen molar-refractivity contribution in [2.24, 2.45) is 0 Å². The van der Waals surface area contributed by atoms with Crippen LogP contribution in [0.5, 0.6) is 0 Å². The molecule has 0 bridgehead atoms. The molecular formula is C13H16N2O2S. The topological polar surface area (TPSA) is 40.6 Å². The van der Waals surface area contributed by atoms with E-state index in [2.05, 4.69) is 4.90 Å². The van der Waals surface area contributed by atoms with Crippen molar-refractivity contribution in [1.29, 1.82) is 0 Å². The van der Waals surface area contributed by atoms with Gasteiger partial charge in [-0.05, 0) is 17.9 Å². The summed E-state index contributed by atoms with van der Waals surface area (Å²) in [6.07, 6.45) is 1.62. The molecule has 1 aromatic rings. The van der Waals surface area contributed by atoms with E-state index in [0.29, 0.717) is 19.0 Å². The van der Waals surface area contributed by atoms with Gasteiger partial charge in [0.1, 0.15) is 0 Å². The van der Waals surface area contributed by atoms with Gasteiger partial charge >= 0.3 is 0 Å². The number of thiophene rings is 1. The number of carbonyl (C=O) groups excluding carboxylic acids is 2. The zero-order valence-electron chi connectivity index (χ0n) is 10.2. The average Bonchev–Trinajstić information content (AvgIpc) is 2.99. The Hall–Kier alpha value is -1.20. The number of carbonyl (C=O) groups is 2. The number of hydrogen-bond acceptors (Lipinski definition) is 4. The van der Waals surface area contributed by atoms with Gasteiger partial charge in [0, 0.05) is 32.1 Å². The maximum Gasteiger partial charge on any atom is 0.222 e. The van der Waals surface area contributed by atoms with E-state index in [1.54, 1.807) is 0 Å². The predicted molar refractivity (Wildman–Crippen MR) is 69.8 cm³/mol. The zero-order chi connectivity index (χ0) is 12.5. The molecule has 1 aromatic heterocycles. The minimum absolute atomic E-state index is 0.197. The largest absolute Gasteiger partial charge is 0.337 e. The van der Waals surface area contributed by atoms with Crippen molar-refractivity contribution in [3.63, 3.8) is 0 Å². The molecule has 96 valence electrons. The van der Waals surface area contributed by atoms with Crippen molar-refractivity contribution in [3.05, 3.63) is 22.4 Å². The van der Waals surface area contributed by atoms with Gasteiger partial charge in [0.2, 0.25) is 5.91 Å². The molecule has 2 saturated heterocycles. The van der Waals surface area contributed by atoms with Crippen LogP contribution in [-0.4, -0.2) is 53.7 Å². The third kappa shape index (κ3) is 2.20. The highest BCUT2D eigenvalue weighted by Crippen LogP contribution is 2.23. The highest BCUT2D eigenvalue weighted by molar-refractivity contribution is 7.12. The molecule has 2 fully saturated rings. The lowest BCUT2D eigenvalue weighted by Gasteiger charge is -2.37. The van der Waals surface area contributed by atoms with Crippen LogP contribution in [0.1, 0.15) is 22.5 Å². The molecule has 4 nitrogen and oxygen atoms in total. The minimum atomic E-state index is 0.197. The van der Waals surface area contributed by atoms with E-state index in [9.17, 15) is 9.59 Å². The standard InChI is InChI=1S/C13H16N2O2S/c16-11(12-2-1-7-18-12)9-14-5-6-15-10(8-14)3-4-13(15)17/h1-2,7,10H,3-6,8-9H2. The Morgan fingerprint density at radius 1 is 1.44 bits per heavy atom. The Morgan fingerprint density at radius 3 is 3.11 bits per heavy atom. The van der Waals surface area contributed by atoms with Gasteiger partial charge in [-0.1, -0.05) is 6.07 Å². The van der Waals surface area contributed by atoms with Crippen LogP contribution >= 0.6 is 11.3 Å². The first-order valence-corrected chi connectivity index (χ1v) is 7.20. The number of ketones is 1. The van der Waals surface area contributed by atoms with Gasteiger partial charge in [-0.2, -0.15) is 0 Å². The van der Waals surface area contributed by atoms with E-state index < -0.39 is 0 Å². The van der Waals surface area contributed by atoms with Crippen molar-refractivity contribution in [2.45, 2.75) is 18.9 Å². The first-order chi connectivity index (χ1) is 8.74. The van der Waals surface area contributed by atoms with Gasteiger partial charge in [0.15, 0.2) is 5.78 Å². The lowest BCUT2D eigenvalue weighted by Crippen LogP contribution is -2.52. The summed E-state index contributed by atoms with van der Waals surface area (Å²) in [6, 6.07) is 4.12. The Bertz CT molecular complexity index is 458. The average molecular weight is 264 g/mol. The van der Waals surface area contributed by atoms with E-state index in [0.717, 1.165) is 30.9 Å². The molecule has 3 rings (SSSR count). The molecule has 0 aliphatic carbocycles. The van der Waals surface area contributed by atoms with Gasteiger partial charge in [0.25, 0.3) is 0 Å². The van der Waals surface area contributed by atoms with Gasteiger partial charge in [-0.3, -0.25) is 14.5 Å². The van der Waals surface area contributed by atoms with Crippen LogP contribution in [0.3, 0.4) is 0 Å². The van der Waals surface area contributed by atoms with Crippen LogP contribution in [0.15, 0.2) is 17.5 Å². The predicted octanol–water partition coefficient (Wildman–Crippen LogP) is 1.24. The fourth-order valence-corrected chi connectivity index (χ4v) is 3.45. The third-order valence-corrected chi connectivity index (χ3v) is 4.65. The van der Waals surface area contributed by atoms with Gasteiger partial charge < -0.3 is 4.90 Å². The van der Waals surface area contributed by atoms with Crippen LogP contribution in [0.4, 0.5) is 0 Å². The molecule has 0 radical (unpaired) electrons. The number of nitrogens with zero attached hydrogens (tertiary/aromatic N) is 2. The van der Waals surface area contributed by atoms with Crippen molar-refractivity contribution in [2.75, 3.05) is 26.2 Å². The lowest BCUT2D eigenvalue weighted by atomic mass is 10.1. The summed E-state index contributed by atoms with van der Waals surface area (Å²) in [5.74, 6) is 0.479. The molecule has 0 spiro atoms. The fraction of sp³-hybridized carbons (Fsp3) is 0.538. The fourth-order valence-electron chi connectivity index (χ4n) is 2.79. The van der Waals surface area contributed by atoms with Crippen LogP contribution in [0.2, 0.25) is 0 Å². The molecule has 2 aliphatic heterocycles. The summed E-state index contributed by atoms with van der Waals surface area (Å²) < 4.78 is 0. The highest BCUT2D eigenvalue weighted by Gasteiger charge is 2.35. The van der Waals surface area contributed by atoms with Crippen LogP contribution in [0.25, 0.3) is 0 Å². The van der Waals surface area contributed by atoms with Crippen LogP contribution in [0, 0.1) is 0 Å². The second-order valence-electron chi connectivity index (χ2n) is 4.92. The Labute approximate surface area is 110 Å². The van der Waals surface area contributed by atoms with Gasteiger partial charge in [0.05, 0.1) is 11.4 Å². The quantitative estimate of drug-likeness (QED) is 0.771.